The van der Waals surface area contributed by atoms with E-state index in [-0.39, 0.29) is 5.41 Å². The van der Waals surface area contributed by atoms with Gasteiger partial charge in [-0.2, -0.15) is 0 Å². The Kier molecular flexibility index (Phi) is 6.08. The van der Waals surface area contributed by atoms with Crippen LogP contribution in [0.1, 0.15) is 36.1 Å². The molecule has 2 N–H and O–H groups in total. The van der Waals surface area contributed by atoms with Crippen LogP contribution in [0.4, 0.5) is 5.69 Å². The van der Waals surface area contributed by atoms with Gasteiger partial charge in [0.15, 0.2) is 0 Å². The molecular formula is C44H35N. The maximum absolute atomic E-state index is 7.26. The van der Waals surface area contributed by atoms with Crippen LogP contribution in [0, 0.1) is 6.92 Å². The van der Waals surface area contributed by atoms with Crippen molar-refractivity contribution in [3.63, 3.8) is 0 Å². The van der Waals surface area contributed by atoms with Crippen LogP contribution in [-0.2, 0) is 5.41 Å². The van der Waals surface area contributed by atoms with Gasteiger partial charge in [0.25, 0.3) is 0 Å². The van der Waals surface area contributed by atoms with Crippen molar-refractivity contribution in [2.45, 2.75) is 26.2 Å². The summed E-state index contributed by atoms with van der Waals surface area (Å²) in [4.78, 5) is 0. The first kappa shape index (κ1) is 27.2. The van der Waals surface area contributed by atoms with Gasteiger partial charge in [-0.05, 0) is 90.3 Å². The summed E-state index contributed by atoms with van der Waals surface area (Å²) in [6, 6.07) is 42.3. The van der Waals surface area contributed by atoms with Crippen LogP contribution >= 0.6 is 0 Å². The maximum Gasteiger partial charge on any atom is 0.0476 e. The first-order valence-corrected chi connectivity index (χ1v) is 15.7. The second-order valence-electron chi connectivity index (χ2n) is 12.8. The summed E-state index contributed by atoms with van der Waals surface area (Å²) < 4.78 is 0. The molecular weight excluding hydrogens is 542 g/mol. The van der Waals surface area contributed by atoms with Gasteiger partial charge in [-0.3, -0.25) is 0 Å². The Hall–Kier alpha value is -5.40. The normalized spacial score (nSPS) is 13.5. The molecule has 0 unspecified atom stereocenters. The SMILES string of the molecule is C=C/C=C\c1c(-c2c3ccccc3c(-c3ccc4ccccc4c3)c3ccccc23)cc2c(c1N)-c1ccc(C)cc1C2(C)C. The predicted molar refractivity (Wildman–Crippen MR) is 196 cm³/mol. The molecule has 0 spiro atoms. The summed E-state index contributed by atoms with van der Waals surface area (Å²) >= 11 is 0. The van der Waals surface area contributed by atoms with Crippen molar-refractivity contribution in [3.05, 3.63) is 156 Å². The molecule has 1 aliphatic carbocycles. The molecule has 0 aromatic heterocycles. The van der Waals surface area contributed by atoms with Crippen LogP contribution in [-0.4, -0.2) is 0 Å². The van der Waals surface area contributed by atoms with Crippen molar-refractivity contribution >= 4 is 44.1 Å². The first-order chi connectivity index (χ1) is 21.9. The Morgan fingerprint density at radius 3 is 1.89 bits per heavy atom. The Morgan fingerprint density at radius 2 is 1.22 bits per heavy atom. The molecule has 0 saturated carbocycles. The summed E-state index contributed by atoms with van der Waals surface area (Å²) in [5, 5.41) is 7.40. The highest BCUT2D eigenvalue weighted by Crippen LogP contribution is 2.55. The Morgan fingerprint density at radius 1 is 0.600 bits per heavy atom. The van der Waals surface area contributed by atoms with Crippen molar-refractivity contribution in [3.8, 4) is 33.4 Å². The molecule has 45 heavy (non-hydrogen) atoms. The van der Waals surface area contributed by atoms with Gasteiger partial charge >= 0.3 is 0 Å². The molecule has 0 radical (unpaired) electrons. The molecule has 1 heteroatoms. The van der Waals surface area contributed by atoms with E-state index < -0.39 is 0 Å². The quantitative estimate of drug-likeness (QED) is 0.126. The van der Waals surface area contributed by atoms with E-state index in [2.05, 4.69) is 149 Å². The number of fused-ring (bicyclic) bond motifs is 6. The summed E-state index contributed by atoms with van der Waals surface area (Å²) in [7, 11) is 0. The number of rotatable bonds is 4. The van der Waals surface area contributed by atoms with Crippen LogP contribution in [0.5, 0.6) is 0 Å². The molecule has 1 nitrogen and oxygen atoms in total. The minimum absolute atomic E-state index is 0.184. The lowest BCUT2D eigenvalue weighted by molar-refractivity contribution is 0.660. The third-order valence-corrected chi connectivity index (χ3v) is 9.84. The van der Waals surface area contributed by atoms with Crippen LogP contribution in [0.15, 0.2) is 134 Å². The number of benzene rings is 7. The summed E-state index contributed by atoms with van der Waals surface area (Å²) in [5.74, 6) is 0. The van der Waals surface area contributed by atoms with Gasteiger partial charge in [0.2, 0.25) is 0 Å². The molecule has 7 aromatic carbocycles. The maximum atomic E-state index is 7.26. The Bertz CT molecular complexity index is 2330. The Labute approximate surface area is 265 Å². The topological polar surface area (TPSA) is 26.0 Å². The highest BCUT2D eigenvalue weighted by Gasteiger charge is 2.38. The van der Waals surface area contributed by atoms with E-state index in [1.165, 1.54) is 71.3 Å². The summed E-state index contributed by atoms with van der Waals surface area (Å²) in [5.41, 5.74) is 20.1. The zero-order chi connectivity index (χ0) is 30.9. The number of allylic oxidation sites excluding steroid dienone is 2. The molecule has 0 fully saturated rings. The van der Waals surface area contributed by atoms with E-state index in [0.717, 1.165) is 22.4 Å². The molecule has 7 aromatic rings. The molecule has 216 valence electrons. The van der Waals surface area contributed by atoms with Crippen LogP contribution in [0.3, 0.4) is 0 Å². The first-order valence-electron chi connectivity index (χ1n) is 15.7. The fourth-order valence-corrected chi connectivity index (χ4v) is 7.67. The number of nitrogens with two attached hydrogens (primary N) is 1. The summed E-state index contributed by atoms with van der Waals surface area (Å²) in [6.07, 6.45) is 5.97. The number of anilines is 1. The fraction of sp³-hybridized carbons (Fsp3) is 0.0909. The zero-order valence-electron chi connectivity index (χ0n) is 26.0. The van der Waals surface area contributed by atoms with E-state index >= 15 is 0 Å². The van der Waals surface area contributed by atoms with E-state index in [4.69, 9.17) is 5.73 Å². The molecule has 8 rings (SSSR count). The van der Waals surface area contributed by atoms with Crippen LogP contribution < -0.4 is 5.73 Å². The van der Waals surface area contributed by atoms with E-state index in [0.29, 0.717) is 0 Å². The lowest BCUT2D eigenvalue weighted by Gasteiger charge is -2.25. The number of hydrogen-bond acceptors (Lipinski definition) is 1. The summed E-state index contributed by atoms with van der Waals surface area (Å²) in [6.45, 7) is 10.8. The molecule has 0 aliphatic heterocycles. The molecule has 0 bridgehead atoms. The second-order valence-corrected chi connectivity index (χ2v) is 12.8. The number of hydrogen-bond donors (Lipinski definition) is 1. The second kappa shape index (κ2) is 10.1. The standard InChI is InChI=1S/C44H35N/c1-5-6-15-35-37(26-39-42(43(35)45)36-23-20-27(2)24-38(36)44(39,3)4)41-33-18-11-9-16-31(33)40(32-17-10-12-19-34(32)41)30-22-21-28-13-7-8-14-29(28)25-30/h5-26H,1,45H2,2-4H3/b15-6-. The van der Waals surface area contributed by atoms with Crippen LogP contribution in [0.25, 0.3) is 71.8 Å². The lowest BCUT2D eigenvalue weighted by Crippen LogP contribution is -2.16. The van der Waals surface area contributed by atoms with Gasteiger partial charge in [0.1, 0.15) is 0 Å². The third-order valence-electron chi connectivity index (χ3n) is 9.84. The van der Waals surface area contributed by atoms with Gasteiger partial charge < -0.3 is 5.73 Å². The average molecular weight is 578 g/mol. The lowest BCUT2D eigenvalue weighted by atomic mass is 9.78. The molecule has 1 aliphatic rings. The van der Waals surface area contributed by atoms with Crippen molar-refractivity contribution in [2.24, 2.45) is 0 Å². The minimum Gasteiger partial charge on any atom is -0.398 e. The van der Waals surface area contributed by atoms with E-state index in [1.807, 2.05) is 12.2 Å². The van der Waals surface area contributed by atoms with Gasteiger partial charge in [-0.15, -0.1) is 0 Å². The van der Waals surface area contributed by atoms with Gasteiger partial charge in [-0.25, -0.2) is 0 Å². The number of aryl methyl sites for hydroxylation is 1. The molecule has 0 atom stereocenters. The largest absolute Gasteiger partial charge is 0.398 e. The monoisotopic (exact) mass is 577 g/mol. The van der Waals surface area contributed by atoms with Crippen molar-refractivity contribution < 1.29 is 0 Å². The zero-order valence-corrected chi connectivity index (χ0v) is 26.0. The highest BCUT2D eigenvalue weighted by atomic mass is 14.6. The Balaban J connectivity index is 1.51. The molecule has 0 heterocycles. The average Bonchev–Trinajstić information content (AvgIpc) is 3.28. The minimum atomic E-state index is -0.184. The van der Waals surface area contributed by atoms with Gasteiger partial charge in [0.05, 0.1) is 0 Å². The van der Waals surface area contributed by atoms with E-state index in [9.17, 15) is 0 Å². The van der Waals surface area contributed by atoms with Crippen molar-refractivity contribution in [2.75, 3.05) is 5.73 Å². The van der Waals surface area contributed by atoms with Gasteiger partial charge in [0, 0.05) is 22.2 Å². The number of nitrogen functional groups attached to an aromatic ring is 1. The highest BCUT2D eigenvalue weighted by molar-refractivity contribution is 6.23. The van der Waals surface area contributed by atoms with Crippen LogP contribution in [0.2, 0.25) is 0 Å². The predicted octanol–water partition coefficient (Wildman–Crippen LogP) is 11.9. The van der Waals surface area contributed by atoms with Crippen molar-refractivity contribution in [1.29, 1.82) is 0 Å². The third kappa shape index (κ3) is 4.01. The van der Waals surface area contributed by atoms with E-state index in [1.54, 1.807) is 0 Å². The smallest absolute Gasteiger partial charge is 0.0476 e. The van der Waals surface area contributed by atoms with Crippen molar-refractivity contribution in [1.82, 2.24) is 0 Å². The van der Waals surface area contributed by atoms with Gasteiger partial charge in [-0.1, -0.05) is 147 Å². The fourth-order valence-electron chi connectivity index (χ4n) is 7.67. The molecule has 0 amide bonds. The molecule has 0 saturated heterocycles.